The summed E-state index contributed by atoms with van der Waals surface area (Å²) in [5.41, 5.74) is 5.80. The van der Waals surface area contributed by atoms with Gasteiger partial charge >= 0.3 is 0 Å². The predicted octanol–water partition coefficient (Wildman–Crippen LogP) is 3.74. The van der Waals surface area contributed by atoms with E-state index in [0.717, 1.165) is 11.3 Å². The third kappa shape index (κ3) is 3.40. The molecule has 0 aliphatic heterocycles. The van der Waals surface area contributed by atoms with Gasteiger partial charge in [0.15, 0.2) is 0 Å². The lowest BCUT2D eigenvalue weighted by Gasteiger charge is -2.12. The molecule has 21 heavy (non-hydrogen) atoms. The number of hydrogen-bond donors (Lipinski definition) is 3. The van der Waals surface area contributed by atoms with E-state index in [2.05, 4.69) is 26.7 Å². The van der Waals surface area contributed by atoms with E-state index in [1.54, 1.807) is 31.2 Å². The Morgan fingerprint density at radius 2 is 1.90 bits per heavy atom. The highest BCUT2D eigenvalue weighted by Gasteiger charge is 2.12. The van der Waals surface area contributed by atoms with E-state index < -0.39 is 0 Å². The Hall–Kier alpha value is -1.92. The monoisotopic (exact) mass is 351 g/mol. The van der Waals surface area contributed by atoms with Gasteiger partial charge in [0.2, 0.25) is 0 Å². The lowest BCUT2D eigenvalue weighted by molar-refractivity contribution is 0.102. The van der Waals surface area contributed by atoms with Crippen LogP contribution in [0.4, 0.5) is 15.8 Å². The summed E-state index contributed by atoms with van der Waals surface area (Å²) < 4.78 is 13.7. The van der Waals surface area contributed by atoms with Crippen molar-refractivity contribution in [2.24, 2.45) is 5.84 Å². The molecule has 4 N–H and O–H groups in total. The lowest BCUT2D eigenvalue weighted by atomic mass is 10.1. The Bertz CT molecular complexity index is 704. The van der Waals surface area contributed by atoms with Crippen LogP contribution >= 0.6 is 15.9 Å². The number of aryl methyl sites for hydroxylation is 2. The second kappa shape index (κ2) is 6.24. The number of benzene rings is 2. The van der Waals surface area contributed by atoms with Crippen LogP contribution < -0.4 is 16.6 Å². The summed E-state index contributed by atoms with van der Waals surface area (Å²) in [6, 6.07) is 8.10. The molecule has 0 atom stereocenters. The molecule has 2 aromatic carbocycles. The molecule has 0 heterocycles. The summed E-state index contributed by atoms with van der Waals surface area (Å²) in [6.45, 7) is 3.56. The maximum Gasteiger partial charge on any atom is 0.255 e. The molecule has 0 unspecified atom stereocenters. The van der Waals surface area contributed by atoms with Crippen LogP contribution in [0.25, 0.3) is 0 Å². The summed E-state index contributed by atoms with van der Waals surface area (Å²) in [4.78, 5) is 12.3. The standard InChI is InChI=1S/C15H15BrFN3O/c1-8-5-10(20-18)3-4-11(8)15(21)19-14-7-12(16)13(17)6-9(14)2/h3-7,20H,18H2,1-2H3,(H,19,21). The number of hydrazine groups is 1. The number of anilines is 2. The first-order valence-corrected chi connectivity index (χ1v) is 7.06. The van der Waals surface area contributed by atoms with E-state index in [4.69, 9.17) is 5.84 Å². The molecule has 0 bridgehead atoms. The van der Waals surface area contributed by atoms with E-state index in [0.29, 0.717) is 21.3 Å². The lowest BCUT2D eigenvalue weighted by Crippen LogP contribution is -2.15. The molecule has 1 amide bonds. The minimum absolute atomic E-state index is 0.252. The van der Waals surface area contributed by atoms with Crippen LogP contribution in [0.1, 0.15) is 21.5 Å². The van der Waals surface area contributed by atoms with Crippen LogP contribution in [0.15, 0.2) is 34.8 Å². The zero-order valence-electron chi connectivity index (χ0n) is 11.6. The Balaban J connectivity index is 2.28. The van der Waals surface area contributed by atoms with Gasteiger partial charge < -0.3 is 10.7 Å². The highest BCUT2D eigenvalue weighted by molar-refractivity contribution is 9.10. The molecule has 0 spiro atoms. The van der Waals surface area contributed by atoms with Gasteiger partial charge in [-0.15, -0.1) is 0 Å². The fourth-order valence-corrected chi connectivity index (χ4v) is 2.32. The first kappa shape index (κ1) is 15.5. The molecule has 0 saturated carbocycles. The molecule has 0 radical (unpaired) electrons. The number of hydrogen-bond acceptors (Lipinski definition) is 3. The number of nitrogen functional groups attached to an aromatic ring is 1. The van der Waals surface area contributed by atoms with Crippen LogP contribution in [0.3, 0.4) is 0 Å². The van der Waals surface area contributed by atoms with Gasteiger partial charge in [-0.3, -0.25) is 10.6 Å². The molecule has 0 aliphatic carbocycles. The van der Waals surface area contributed by atoms with Crippen LogP contribution in [-0.2, 0) is 0 Å². The quantitative estimate of drug-likeness (QED) is 0.582. The van der Waals surface area contributed by atoms with Gasteiger partial charge in [0.25, 0.3) is 5.91 Å². The van der Waals surface area contributed by atoms with Crippen molar-refractivity contribution >= 4 is 33.2 Å². The van der Waals surface area contributed by atoms with E-state index in [1.807, 2.05) is 6.92 Å². The smallest absolute Gasteiger partial charge is 0.255 e. The van der Waals surface area contributed by atoms with Crippen molar-refractivity contribution in [2.45, 2.75) is 13.8 Å². The minimum Gasteiger partial charge on any atom is -0.324 e. The van der Waals surface area contributed by atoms with Gasteiger partial charge in [-0.05, 0) is 71.2 Å². The summed E-state index contributed by atoms with van der Waals surface area (Å²) in [5, 5.41) is 2.79. The van der Waals surface area contributed by atoms with Crippen molar-refractivity contribution < 1.29 is 9.18 Å². The molecule has 2 rings (SSSR count). The van der Waals surface area contributed by atoms with E-state index in [1.165, 1.54) is 6.07 Å². The first-order chi connectivity index (χ1) is 9.92. The van der Waals surface area contributed by atoms with E-state index in [9.17, 15) is 9.18 Å². The molecular formula is C15H15BrFN3O. The summed E-state index contributed by atoms with van der Waals surface area (Å²) in [6.07, 6.45) is 0. The minimum atomic E-state index is -0.361. The Labute approximate surface area is 130 Å². The third-order valence-electron chi connectivity index (χ3n) is 3.15. The maximum atomic E-state index is 13.4. The number of carbonyl (C=O) groups is 1. The number of nitrogens with two attached hydrogens (primary N) is 1. The highest BCUT2D eigenvalue weighted by Crippen LogP contribution is 2.25. The Morgan fingerprint density at radius 1 is 1.19 bits per heavy atom. The van der Waals surface area contributed by atoms with E-state index in [-0.39, 0.29) is 11.7 Å². The zero-order chi connectivity index (χ0) is 15.6. The summed E-state index contributed by atoms with van der Waals surface area (Å²) in [5.74, 6) is 4.71. The second-order valence-electron chi connectivity index (χ2n) is 4.71. The van der Waals surface area contributed by atoms with Crippen LogP contribution in [0.5, 0.6) is 0 Å². The third-order valence-corrected chi connectivity index (χ3v) is 3.76. The first-order valence-electron chi connectivity index (χ1n) is 6.26. The fraction of sp³-hybridized carbons (Fsp3) is 0.133. The van der Waals surface area contributed by atoms with Crippen LogP contribution in [-0.4, -0.2) is 5.91 Å². The summed E-state index contributed by atoms with van der Waals surface area (Å²) in [7, 11) is 0. The Morgan fingerprint density at radius 3 is 2.52 bits per heavy atom. The SMILES string of the molecule is Cc1cc(F)c(Br)cc1NC(=O)c1ccc(NN)cc1C. The molecule has 0 saturated heterocycles. The number of nitrogens with one attached hydrogen (secondary N) is 2. The zero-order valence-corrected chi connectivity index (χ0v) is 13.2. The molecule has 0 aliphatic rings. The summed E-state index contributed by atoms with van der Waals surface area (Å²) >= 11 is 3.11. The second-order valence-corrected chi connectivity index (χ2v) is 5.56. The topological polar surface area (TPSA) is 67.2 Å². The van der Waals surface area contributed by atoms with Crippen LogP contribution in [0, 0.1) is 19.7 Å². The average Bonchev–Trinajstić information content (AvgIpc) is 2.44. The van der Waals surface area contributed by atoms with Crippen LogP contribution in [0.2, 0.25) is 0 Å². The molecule has 6 heteroatoms. The Kier molecular flexibility index (Phi) is 4.59. The largest absolute Gasteiger partial charge is 0.324 e. The van der Waals surface area contributed by atoms with E-state index >= 15 is 0 Å². The maximum absolute atomic E-state index is 13.4. The van der Waals surface area contributed by atoms with Crippen molar-refractivity contribution in [2.75, 3.05) is 10.7 Å². The number of halogens is 2. The number of carbonyl (C=O) groups excluding carboxylic acids is 1. The van der Waals surface area contributed by atoms with Gasteiger partial charge in [-0.2, -0.15) is 0 Å². The molecular weight excluding hydrogens is 337 g/mol. The fourth-order valence-electron chi connectivity index (χ4n) is 1.98. The predicted molar refractivity (Wildman–Crippen MR) is 85.8 cm³/mol. The molecule has 0 aromatic heterocycles. The highest BCUT2D eigenvalue weighted by atomic mass is 79.9. The van der Waals surface area contributed by atoms with Gasteiger partial charge in [-0.25, -0.2) is 4.39 Å². The van der Waals surface area contributed by atoms with Gasteiger partial charge in [0, 0.05) is 16.9 Å². The van der Waals surface area contributed by atoms with Crippen molar-refractivity contribution in [3.63, 3.8) is 0 Å². The van der Waals surface area contributed by atoms with Crippen molar-refractivity contribution in [3.05, 3.63) is 57.3 Å². The normalized spacial score (nSPS) is 10.3. The molecule has 0 fully saturated rings. The molecule has 110 valence electrons. The number of amides is 1. The average molecular weight is 352 g/mol. The van der Waals surface area contributed by atoms with Gasteiger partial charge in [0.1, 0.15) is 5.82 Å². The van der Waals surface area contributed by atoms with Gasteiger partial charge in [-0.1, -0.05) is 0 Å². The van der Waals surface area contributed by atoms with Gasteiger partial charge in [0.05, 0.1) is 4.47 Å². The van der Waals surface area contributed by atoms with Crippen molar-refractivity contribution in [1.29, 1.82) is 0 Å². The van der Waals surface area contributed by atoms with Crippen molar-refractivity contribution in [1.82, 2.24) is 0 Å². The molecule has 2 aromatic rings. The molecule has 4 nitrogen and oxygen atoms in total. The number of rotatable bonds is 3. The van der Waals surface area contributed by atoms with Crippen molar-refractivity contribution in [3.8, 4) is 0 Å².